The lowest BCUT2D eigenvalue weighted by Crippen LogP contribution is -1.98. The molecule has 288 valence electrons. The van der Waals surface area contributed by atoms with Crippen molar-refractivity contribution in [3.8, 4) is 78.5 Å². The van der Waals surface area contributed by atoms with Crippen molar-refractivity contribution in [3.05, 3.63) is 217 Å². The fourth-order valence-corrected chi connectivity index (χ4v) is 8.95. The zero-order valence-corrected chi connectivity index (χ0v) is 33.9. The van der Waals surface area contributed by atoms with E-state index in [0.717, 1.165) is 85.7 Å². The number of aromatic nitrogens is 3. The van der Waals surface area contributed by atoms with E-state index >= 15 is 0 Å². The highest BCUT2D eigenvalue weighted by Gasteiger charge is 2.18. The molecule has 61 heavy (non-hydrogen) atoms. The molecule has 0 aliphatic heterocycles. The van der Waals surface area contributed by atoms with Crippen LogP contribution in [0.3, 0.4) is 0 Å². The lowest BCUT2D eigenvalue weighted by Gasteiger charge is -2.19. The van der Waals surface area contributed by atoms with Gasteiger partial charge in [-0.3, -0.25) is 4.98 Å². The molecular weight excluding hydrogens is 739 g/mol. The molecular formula is C58H41N3. The second kappa shape index (κ2) is 15.4. The van der Waals surface area contributed by atoms with Crippen LogP contribution in [0, 0.1) is 6.92 Å². The number of nitrogens with zero attached hydrogens (tertiary/aromatic N) is 3. The van der Waals surface area contributed by atoms with Gasteiger partial charge in [-0.1, -0.05) is 158 Å². The molecule has 0 bridgehead atoms. The smallest absolute Gasteiger partial charge is 0.160 e. The monoisotopic (exact) mass is 779 g/mol. The number of pyridine rings is 1. The molecule has 0 saturated carbocycles. The van der Waals surface area contributed by atoms with E-state index in [1.165, 1.54) is 38.2 Å². The maximum atomic E-state index is 5.28. The largest absolute Gasteiger partial charge is 0.253 e. The van der Waals surface area contributed by atoms with Gasteiger partial charge in [-0.15, -0.1) is 0 Å². The zero-order chi connectivity index (χ0) is 40.7. The predicted molar refractivity (Wildman–Crippen MR) is 255 cm³/mol. The lowest BCUT2D eigenvalue weighted by molar-refractivity contribution is 1.00. The zero-order valence-electron chi connectivity index (χ0n) is 33.9. The van der Waals surface area contributed by atoms with Crippen molar-refractivity contribution in [2.45, 2.75) is 19.8 Å². The Labute approximate surface area is 356 Å². The highest BCUT2D eigenvalue weighted by atomic mass is 14.9. The van der Waals surface area contributed by atoms with Crippen LogP contribution in [0.4, 0.5) is 0 Å². The molecule has 1 aliphatic rings. The molecule has 2 heterocycles. The number of fused-ring (bicyclic) bond motifs is 6. The normalized spacial score (nSPS) is 12.1. The maximum Gasteiger partial charge on any atom is 0.160 e. The number of hydrogen-bond donors (Lipinski definition) is 0. The molecule has 0 fully saturated rings. The van der Waals surface area contributed by atoms with E-state index in [0.29, 0.717) is 5.82 Å². The first-order valence-electron chi connectivity index (χ1n) is 21.1. The number of allylic oxidation sites excluding steroid dienone is 1. The molecule has 0 spiro atoms. The van der Waals surface area contributed by atoms with Crippen molar-refractivity contribution in [2.75, 3.05) is 0 Å². The van der Waals surface area contributed by atoms with Crippen LogP contribution >= 0.6 is 0 Å². The average Bonchev–Trinajstić information content (AvgIpc) is 3.34. The first-order chi connectivity index (χ1) is 30.1. The van der Waals surface area contributed by atoms with Gasteiger partial charge < -0.3 is 0 Å². The Kier molecular flexibility index (Phi) is 9.20. The minimum Gasteiger partial charge on any atom is -0.253 e. The summed E-state index contributed by atoms with van der Waals surface area (Å²) in [7, 11) is 0. The second-order valence-corrected chi connectivity index (χ2v) is 16.0. The molecule has 8 aromatic carbocycles. The fourth-order valence-electron chi connectivity index (χ4n) is 8.95. The molecule has 0 unspecified atom stereocenters. The van der Waals surface area contributed by atoms with Gasteiger partial charge in [0.1, 0.15) is 0 Å². The molecule has 2 aromatic heterocycles. The summed E-state index contributed by atoms with van der Waals surface area (Å²) in [6, 6.07) is 69.4. The summed E-state index contributed by atoms with van der Waals surface area (Å²) in [5.41, 5.74) is 17.6. The van der Waals surface area contributed by atoms with Crippen LogP contribution in [0.1, 0.15) is 23.2 Å². The van der Waals surface area contributed by atoms with Crippen molar-refractivity contribution >= 4 is 27.6 Å². The molecule has 11 rings (SSSR count). The summed E-state index contributed by atoms with van der Waals surface area (Å²) in [5, 5.41) is 5.24. The molecule has 0 saturated heterocycles. The third-order valence-electron chi connectivity index (χ3n) is 12.0. The van der Waals surface area contributed by atoms with Gasteiger partial charge in [-0.25, -0.2) is 9.97 Å². The Balaban J connectivity index is 1.08. The van der Waals surface area contributed by atoms with Gasteiger partial charge in [0, 0.05) is 27.9 Å². The van der Waals surface area contributed by atoms with E-state index in [1.807, 2.05) is 25.1 Å². The molecule has 3 nitrogen and oxygen atoms in total. The van der Waals surface area contributed by atoms with Crippen molar-refractivity contribution in [1.82, 2.24) is 15.0 Å². The van der Waals surface area contributed by atoms with Gasteiger partial charge >= 0.3 is 0 Å². The Bertz CT molecular complexity index is 3240. The Hall–Kier alpha value is -7.75. The summed E-state index contributed by atoms with van der Waals surface area (Å²) in [6.07, 6.45) is 6.72. The molecule has 1 aliphatic carbocycles. The van der Waals surface area contributed by atoms with Gasteiger partial charge in [0.2, 0.25) is 0 Å². The van der Waals surface area contributed by atoms with Gasteiger partial charge in [-0.05, 0) is 134 Å². The third kappa shape index (κ3) is 7.00. The average molecular weight is 780 g/mol. The highest BCUT2D eigenvalue weighted by molar-refractivity contribution is 6.14. The van der Waals surface area contributed by atoms with Crippen molar-refractivity contribution < 1.29 is 0 Å². The Morgan fingerprint density at radius 3 is 1.61 bits per heavy atom. The third-order valence-corrected chi connectivity index (χ3v) is 12.0. The van der Waals surface area contributed by atoms with Gasteiger partial charge in [0.05, 0.1) is 17.1 Å². The van der Waals surface area contributed by atoms with E-state index in [1.54, 1.807) is 0 Å². The second-order valence-electron chi connectivity index (χ2n) is 16.0. The maximum absolute atomic E-state index is 5.28. The Morgan fingerprint density at radius 2 is 0.885 bits per heavy atom. The van der Waals surface area contributed by atoms with E-state index in [9.17, 15) is 0 Å². The fraction of sp³-hybridized carbons (Fsp3) is 0.0517. The molecule has 0 radical (unpaired) electrons. The number of hydrogen-bond acceptors (Lipinski definition) is 3. The van der Waals surface area contributed by atoms with E-state index in [4.69, 9.17) is 15.0 Å². The van der Waals surface area contributed by atoms with Crippen LogP contribution in [0.25, 0.3) is 106 Å². The van der Waals surface area contributed by atoms with Crippen LogP contribution in [0.15, 0.2) is 200 Å². The van der Waals surface area contributed by atoms with E-state index in [2.05, 4.69) is 188 Å². The molecule has 0 N–H and O–H groups in total. The SMILES string of the molecule is Cc1cccc(-c2cccc(-c3ccc(-c4cc(-c5ccc6c(c5)c5c(c7ccccc76)C=CCC5)cc(-c5nc(-c6ccccc6)cc(-c6ccccc6)n5)c4)cc3)c2)n1. The van der Waals surface area contributed by atoms with E-state index in [-0.39, 0.29) is 0 Å². The summed E-state index contributed by atoms with van der Waals surface area (Å²) in [4.78, 5) is 15.3. The first kappa shape index (κ1) is 36.3. The van der Waals surface area contributed by atoms with Crippen LogP contribution in [0.2, 0.25) is 0 Å². The summed E-state index contributed by atoms with van der Waals surface area (Å²) < 4.78 is 0. The molecule has 3 heteroatoms. The first-order valence-corrected chi connectivity index (χ1v) is 21.1. The summed E-state index contributed by atoms with van der Waals surface area (Å²) in [6.45, 7) is 2.03. The van der Waals surface area contributed by atoms with Gasteiger partial charge in [-0.2, -0.15) is 0 Å². The van der Waals surface area contributed by atoms with Crippen LogP contribution in [-0.2, 0) is 6.42 Å². The molecule has 10 aromatic rings. The number of aryl methyl sites for hydroxylation is 2. The van der Waals surface area contributed by atoms with Gasteiger partial charge in [0.25, 0.3) is 0 Å². The lowest BCUT2D eigenvalue weighted by atomic mass is 9.85. The minimum atomic E-state index is 0.691. The van der Waals surface area contributed by atoms with Crippen molar-refractivity contribution in [3.63, 3.8) is 0 Å². The quantitative estimate of drug-likeness (QED) is 0.151. The highest BCUT2D eigenvalue weighted by Crippen LogP contribution is 2.40. The van der Waals surface area contributed by atoms with Crippen molar-refractivity contribution in [1.29, 1.82) is 0 Å². The van der Waals surface area contributed by atoms with Crippen LogP contribution in [0.5, 0.6) is 0 Å². The molecule has 0 atom stereocenters. The summed E-state index contributed by atoms with van der Waals surface area (Å²) in [5.74, 6) is 0.691. The summed E-state index contributed by atoms with van der Waals surface area (Å²) >= 11 is 0. The van der Waals surface area contributed by atoms with Crippen LogP contribution < -0.4 is 0 Å². The number of benzene rings is 8. The standard InChI is InChI=1S/C58H41N3/c1-38-14-12-25-55(59-38)45-20-13-19-43(32-45)39-26-28-40(29-27-39)46-33-47(44-30-31-53-51-23-9-8-21-49(51)50-22-10-11-24-52(50)54(53)36-44)35-48(34-46)58-60-56(41-15-4-2-5-16-41)37-57(61-58)42-17-6-3-7-18-42/h2-10,12-23,25-37H,11,24H2,1H3. The van der Waals surface area contributed by atoms with Gasteiger partial charge in [0.15, 0.2) is 5.82 Å². The molecule has 0 amide bonds. The minimum absolute atomic E-state index is 0.691. The van der Waals surface area contributed by atoms with Crippen molar-refractivity contribution in [2.24, 2.45) is 0 Å². The predicted octanol–water partition coefficient (Wildman–Crippen LogP) is 15.1. The van der Waals surface area contributed by atoms with Crippen LogP contribution in [-0.4, -0.2) is 15.0 Å². The topological polar surface area (TPSA) is 38.7 Å². The van der Waals surface area contributed by atoms with E-state index < -0.39 is 0 Å². The Morgan fingerprint density at radius 1 is 0.344 bits per heavy atom. The number of rotatable bonds is 7.